The lowest BCUT2D eigenvalue weighted by Gasteiger charge is -2.25. The van der Waals surface area contributed by atoms with Crippen molar-refractivity contribution in [3.05, 3.63) is 40.2 Å². The Hall–Kier alpha value is -2.72. The van der Waals surface area contributed by atoms with Crippen molar-refractivity contribution in [1.29, 1.82) is 0 Å². The highest BCUT2D eigenvalue weighted by Crippen LogP contribution is 2.40. The standard InChI is InChI=1S/C27H33ClN4O5/c1-5-6-19(33)14-34-20-7-8-22(28)21(13-20)25-29-24(23-17(3)31-37-18(23)4)16(2)26(30-25)32-10-9-27(15-32)35-11-12-36-27/h7-8,13,19,33H,5-6,9-12,14-15H2,1-4H3/t19-/m1/s1. The zero-order chi connectivity index (χ0) is 26.2. The van der Waals surface area contributed by atoms with Crippen molar-refractivity contribution < 1.29 is 23.8 Å². The van der Waals surface area contributed by atoms with Gasteiger partial charge >= 0.3 is 0 Å². The van der Waals surface area contributed by atoms with E-state index < -0.39 is 11.9 Å². The molecule has 0 bridgehead atoms. The molecule has 0 unspecified atom stereocenters. The van der Waals surface area contributed by atoms with Crippen LogP contribution in [0.3, 0.4) is 0 Å². The number of aromatic nitrogens is 3. The Morgan fingerprint density at radius 1 is 1.19 bits per heavy atom. The van der Waals surface area contributed by atoms with Crippen LogP contribution in [-0.2, 0) is 9.47 Å². The Kier molecular flexibility index (Phi) is 7.40. The van der Waals surface area contributed by atoms with E-state index in [9.17, 15) is 5.11 Å². The second kappa shape index (κ2) is 10.6. The van der Waals surface area contributed by atoms with Crippen LogP contribution < -0.4 is 9.64 Å². The van der Waals surface area contributed by atoms with E-state index in [0.717, 1.165) is 47.7 Å². The van der Waals surface area contributed by atoms with Gasteiger partial charge in [-0.25, -0.2) is 9.97 Å². The lowest BCUT2D eigenvalue weighted by molar-refractivity contribution is -0.137. The molecule has 2 saturated heterocycles. The highest BCUT2D eigenvalue weighted by Gasteiger charge is 2.44. The summed E-state index contributed by atoms with van der Waals surface area (Å²) in [5, 5.41) is 14.8. The normalized spacial score (nSPS) is 17.6. The van der Waals surface area contributed by atoms with Crippen LogP contribution >= 0.6 is 11.6 Å². The van der Waals surface area contributed by atoms with Crippen molar-refractivity contribution in [3.63, 3.8) is 0 Å². The van der Waals surface area contributed by atoms with E-state index in [2.05, 4.69) is 10.1 Å². The van der Waals surface area contributed by atoms with Crippen LogP contribution in [0.25, 0.3) is 22.6 Å². The fourth-order valence-corrected chi connectivity index (χ4v) is 5.24. The van der Waals surface area contributed by atoms with Crippen molar-refractivity contribution in [2.75, 3.05) is 37.8 Å². The third-order valence-corrected chi connectivity index (χ3v) is 7.27. The maximum Gasteiger partial charge on any atom is 0.187 e. The number of aliphatic hydroxyl groups is 1. The Balaban J connectivity index is 1.57. The van der Waals surface area contributed by atoms with E-state index in [4.69, 9.17) is 40.3 Å². The van der Waals surface area contributed by atoms with E-state index in [1.165, 1.54) is 0 Å². The second-order valence-corrected chi connectivity index (χ2v) is 10.1. The second-order valence-electron chi connectivity index (χ2n) is 9.72. The van der Waals surface area contributed by atoms with Crippen LogP contribution in [0, 0.1) is 20.8 Å². The van der Waals surface area contributed by atoms with E-state index in [0.29, 0.717) is 54.1 Å². The molecule has 0 amide bonds. The zero-order valence-corrected chi connectivity index (χ0v) is 22.5. The fourth-order valence-electron chi connectivity index (χ4n) is 5.04. The molecule has 1 N–H and O–H groups in total. The number of ether oxygens (including phenoxy) is 3. The topological polar surface area (TPSA) is 103 Å². The number of halogens is 1. The summed E-state index contributed by atoms with van der Waals surface area (Å²) in [5.74, 6) is 1.94. The summed E-state index contributed by atoms with van der Waals surface area (Å²) >= 11 is 6.66. The molecule has 0 aliphatic carbocycles. The molecule has 1 aromatic carbocycles. The minimum atomic E-state index is -0.592. The third-order valence-electron chi connectivity index (χ3n) is 6.94. The fraction of sp³-hybridized carbons (Fsp3) is 0.519. The maximum atomic E-state index is 10.1. The summed E-state index contributed by atoms with van der Waals surface area (Å²) in [6.45, 7) is 10.5. The molecule has 0 saturated carbocycles. The quantitative estimate of drug-likeness (QED) is 0.438. The van der Waals surface area contributed by atoms with Crippen molar-refractivity contribution in [2.24, 2.45) is 0 Å². The highest BCUT2D eigenvalue weighted by atomic mass is 35.5. The molecule has 2 aromatic heterocycles. The van der Waals surface area contributed by atoms with Gasteiger partial charge in [-0.1, -0.05) is 30.1 Å². The average Bonchev–Trinajstić information content (AvgIpc) is 3.61. The molecule has 1 spiro atoms. The molecule has 2 fully saturated rings. The van der Waals surface area contributed by atoms with Crippen molar-refractivity contribution >= 4 is 17.4 Å². The Morgan fingerprint density at radius 3 is 2.68 bits per heavy atom. The van der Waals surface area contributed by atoms with Gasteiger partial charge in [-0.15, -0.1) is 0 Å². The molecular formula is C27H33ClN4O5. The van der Waals surface area contributed by atoms with Gasteiger partial charge in [-0.05, 0) is 45.4 Å². The Bertz CT molecular complexity index is 1250. The summed E-state index contributed by atoms with van der Waals surface area (Å²) in [5.41, 5.74) is 3.90. The summed E-state index contributed by atoms with van der Waals surface area (Å²) in [7, 11) is 0. The molecule has 198 valence electrons. The average molecular weight is 529 g/mol. The zero-order valence-electron chi connectivity index (χ0n) is 21.7. The lowest BCUT2D eigenvalue weighted by atomic mass is 10.0. The van der Waals surface area contributed by atoms with Gasteiger partial charge in [-0.3, -0.25) is 0 Å². The largest absolute Gasteiger partial charge is 0.491 e. The van der Waals surface area contributed by atoms with Gasteiger partial charge in [-0.2, -0.15) is 0 Å². The number of hydrogen-bond acceptors (Lipinski definition) is 9. The molecule has 9 nitrogen and oxygen atoms in total. The van der Waals surface area contributed by atoms with Gasteiger partial charge in [0.2, 0.25) is 0 Å². The lowest BCUT2D eigenvalue weighted by Crippen LogP contribution is -2.34. The van der Waals surface area contributed by atoms with Crippen molar-refractivity contribution in [3.8, 4) is 28.4 Å². The number of aliphatic hydroxyl groups excluding tert-OH is 1. The molecule has 1 atom stereocenters. The summed E-state index contributed by atoms with van der Waals surface area (Å²) in [6.07, 6.45) is 1.79. The molecule has 2 aliphatic rings. The number of rotatable bonds is 8. The Labute approximate surface area is 221 Å². The number of hydrogen-bond donors (Lipinski definition) is 1. The van der Waals surface area contributed by atoms with Crippen LogP contribution in [0.4, 0.5) is 5.82 Å². The van der Waals surface area contributed by atoms with E-state index >= 15 is 0 Å². The van der Waals surface area contributed by atoms with Crippen LogP contribution in [0.5, 0.6) is 5.75 Å². The van der Waals surface area contributed by atoms with Gasteiger partial charge in [0, 0.05) is 24.1 Å². The van der Waals surface area contributed by atoms with E-state index in [-0.39, 0.29) is 6.61 Å². The molecule has 4 heterocycles. The van der Waals surface area contributed by atoms with Crippen LogP contribution in [-0.4, -0.2) is 65.0 Å². The summed E-state index contributed by atoms with van der Waals surface area (Å²) < 4.78 is 23.3. The van der Waals surface area contributed by atoms with Crippen molar-refractivity contribution in [2.45, 2.75) is 58.8 Å². The predicted octanol–water partition coefficient (Wildman–Crippen LogP) is 4.87. The molecular weight excluding hydrogens is 496 g/mol. The van der Waals surface area contributed by atoms with Crippen LogP contribution in [0.15, 0.2) is 22.7 Å². The summed E-state index contributed by atoms with van der Waals surface area (Å²) in [6, 6.07) is 5.37. The maximum absolute atomic E-state index is 10.1. The smallest absolute Gasteiger partial charge is 0.187 e. The first-order chi connectivity index (χ1) is 17.8. The van der Waals surface area contributed by atoms with Gasteiger partial charge in [0.1, 0.15) is 23.9 Å². The molecule has 5 rings (SSSR count). The van der Waals surface area contributed by atoms with E-state index in [1.54, 1.807) is 12.1 Å². The number of aryl methyl sites for hydroxylation is 2. The molecule has 10 heteroatoms. The Morgan fingerprint density at radius 2 is 1.97 bits per heavy atom. The molecule has 37 heavy (non-hydrogen) atoms. The minimum absolute atomic E-state index is 0.203. The first kappa shape index (κ1) is 25.9. The van der Waals surface area contributed by atoms with Crippen LogP contribution in [0.2, 0.25) is 5.02 Å². The SMILES string of the molecule is CCC[C@@H](O)COc1ccc(Cl)c(-c2nc(-c3c(C)noc3C)c(C)c(N3CCC4(C3)OCCO4)n2)c1. The van der Waals surface area contributed by atoms with Gasteiger partial charge in [0.15, 0.2) is 11.6 Å². The molecule has 3 aromatic rings. The summed E-state index contributed by atoms with van der Waals surface area (Å²) in [4.78, 5) is 12.1. The molecule has 2 aliphatic heterocycles. The highest BCUT2D eigenvalue weighted by molar-refractivity contribution is 6.33. The van der Waals surface area contributed by atoms with E-state index in [1.807, 2.05) is 33.8 Å². The number of anilines is 1. The third kappa shape index (κ3) is 5.18. The molecule has 0 radical (unpaired) electrons. The number of nitrogens with zero attached hydrogens (tertiary/aromatic N) is 4. The van der Waals surface area contributed by atoms with Gasteiger partial charge < -0.3 is 28.7 Å². The minimum Gasteiger partial charge on any atom is -0.491 e. The van der Waals surface area contributed by atoms with Crippen LogP contribution in [0.1, 0.15) is 43.2 Å². The van der Waals surface area contributed by atoms with Gasteiger partial charge in [0.25, 0.3) is 0 Å². The first-order valence-corrected chi connectivity index (χ1v) is 13.1. The predicted molar refractivity (Wildman–Crippen MR) is 140 cm³/mol. The monoisotopic (exact) mass is 528 g/mol. The number of benzene rings is 1. The van der Waals surface area contributed by atoms with Gasteiger partial charge in [0.05, 0.1) is 47.8 Å². The first-order valence-electron chi connectivity index (χ1n) is 12.8. The van der Waals surface area contributed by atoms with Crippen molar-refractivity contribution in [1.82, 2.24) is 15.1 Å².